The van der Waals surface area contributed by atoms with Crippen molar-refractivity contribution in [2.45, 2.75) is 0 Å². The average Bonchev–Trinajstić information content (AvgIpc) is 0. The van der Waals surface area contributed by atoms with Crippen molar-refractivity contribution in [2.24, 2.45) is 0 Å². The van der Waals surface area contributed by atoms with Gasteiger partial charge in [-0.25, -0.2) is 0 Å². The fourth-order valence-electron chi connectivity index (χ4n) is 0. The largest absolute Gasteiger partial charge is 3.00 e. The summed E-state index contributed by atoms with van der Waals surface area (Å²) in [5, 5.41) is 0. The van der Waals surface area contributed by atoms with Crippen molar-refractivity contribution < 1.29 is 33.3 Å². The Bertz CT molecular complexity index is 9.61. The maximum Gasteiger partial charge on any atom is 3.00 e. The van der Waals surface area contributed by atoms with E-state index in [9.17, 15) is 0 Å². The van der Waals surface area contributed by atoms with Crippen LogP contribution >= 0.6 is 0 Å². The summed E-state index contributed by atoms with van der Waals surface area (Å²) in [6.07, 6.45) is 0. The first-order valence-corrected chi connectivity index (χ1v) is 0. The Morgan fingerprint density at radius 2 is 0.800 bits per heavy atom. The van der Waals surface area contributed by atoms with E-state index in [1.807, 2.05) is 0 Å². The molecule has 0 saturated heterocycles. The number of hydrogen-bond acceptors (Lipinski definition) is 0. The smallest absolute Gasteiger partial charge is 2.00 e. The minimum absolute atomic E-state index is 0. The van der Waals surface area contributed by atoms with Crippen LogP contribution in [0.5, 0.6) is 0 Å². The Balaban J connectivity index is 0. The van der Waals surface area contributed by atoms with Crippen LogP contribution < -0.4 is 0 Å². The normalized spacial score (nSPS) is 0. The van der Waals surface area contributed by atoms with E-state index in [-0.39, 0.29) is 82.2 Å². The molecule has 2 nitrogen and oxygen atoms in total. The summed E-state index contributed by atoms with van der Waals surface area (Å²) in [5.74, 6) is 0. The molecule has 0 aliphatic carbocycles. The van der Waals surface area contributed by atoms with Crippen LogP contribution in [0, 0.1) is 0 Å². The van der Waals surface area contributed by atoms with Gasteiger partial charge in [-0.1, -0.05) is 0 Å². The van der Waals surface area contributed by atoms with Gasteiger partial charge < -0.3 is 11.0 Å². The average molecular weight is 279 g/mol. The Morgan fingerprint density at radius 1 is 0.800 bits per heavy atom. The van der Waals surface area contributed by atoms with Gasteiger partial charge in [0, 0.05) is 0 Å². The van der Waals surface area contributed by atoms with E-state index in [2.05, 4.69) is 0 Å². The van der Waals surface area contributed by atoms with E-state index in [1.54, 1.807) is 0 Å². The van der Waals surface area contributed by atoms with Gasteiger partial charge in [-0.15, -0.1) is 0 Å². The second-order valence-corrected chi connectivity index (χ2v) is 0. The quantitative estimate of drug-likeness (QED) is 0.511. The van der Waals surface area contributed by atoms with Crippen LogP contribution in [-0.4, -0.2) is 48.9 Å². The Labute approximate surface area is 81.1 Å². The van der Waals surface area contributed by atoms with E-state index < -0.39 is 0 Å². The van der Waals surface area contributed by atoms with Gasteiger partial charge in [-0.3, -0.25) is 0 Å². The van der Waals surface area contributed by atoms with Crippen molar-refractivity contribution in [1.82, 2.24) is 0 Å². The molecule has 0 saturated carbocycles. The molecule has 0 radical (unpaired) electrons. The predicted molar refractivity (Wildman–Crippen MR) is 12.9 cm³/mol. The summed E-state index contributed by atoms with van der Waals surface area (Å²) < 4.78 is 0. The summed E-state index contributed by atoms with van der Waals surface area (Å²) in [6.45, 7) is 0. The molecule has 26 valence electrons. The molecule has 0 amide bonds. The van der Waals surface area contributed by atoms with E-state index in [0.717, 1.165) is 0 Å². The van der Waals surface area contributed by atoms with Gasteiger partial charge >= 0.3 is 71.3 Å². The molecule has 0 aromatic rings. The second-order valence-electron chi connectivity index (χ2n) is 0. The molecule has 0 fully saturated rings. The Hall–Kier alpha value is 2.30. The summed E-state index contributed by atoms with van der Waals surface area (Å²) in [7, 11) is 0. The number of rotatable bonds is 0. The molecule has 0 aliphatic heterocycles. The van der Waals surface area contributed by atoms with E-state index in [4.69, 9.17) is 0 Å². The first-order chi connectivity index (χ1) is 0. The van der Waals surface area contributed by atoms with Crippen molar-refractivity contribution >= 4 is 48.9 Å². The second kappa shape index (κ2) is 33.5. The molecule has 0 aromatic carbocycles. The van der Waals surface area contributed by atoms with Gasteiger partial charge in [0.05, 0.1) is 0 Å². The van der Waals surface area contributed by atoms with Gasteiger partial charge in [-0.05, 0) is 0 Å². The summed E-state index contributed by atoms with van der Waals surface area (Å²) >= 11 is 0. The maximum absolute atomic E-state index is 0. The minimum atomic E-state index is 0. The van der Waals surface area contributed by atoms with Crippen molar-refractivity contribution in [1.29, 1.82) is 0 Å². The van der Waals surface area contributed by atoms with Crippen LogP contribution in [0.4, 0.5) is 0 Å². The van der Waals surface area contributed by atoms with Crippen LogP contribution in [0.2, 0.25) is 0 Å². The summed E-state index contributed by atoms with van der Waals surface area (Å²) in [5.41, 5.74) is 0. The zero-order chi connectivity index (χ0) is 0. The standard InChI is InChI=1S/Ag.In.Mg.2O/q+1;+3;+2;2*-2. The van der Waals surface area contributed by atoms with Crippen LogP contribution in [0.3, 0.4) is 0 Å². The molecule has 0 heterocycles. The predicted octanol–water partition coefficient (Wildman–Crippen LogP) is -1.00. The zero-order valence-corrected chi connectivity index (χ0v) is 8.59. The summed E-state index contributed by atoms with van der Waals surface area (Å²) in [6, 6.07) is 0. The van der Waals surface area contributed by atoms with Crippen LogP contribution in [0.1, 0.15) is 0 Å². The van der Waals surface area contributed by atoms with Crippen molar-refractivity contribution in [3.05, 3.63) is 0 Å². The molecule has 0 aliphatic rings. The molecular weight excluding hydrogens is 279 g/mol. The third-order valence-electron chi connectivity index (χ3n) is 0. The molecule has 0 N–H and O–H groups in total. The topological polar surface area (TPSA) is 57.0 Å². The van der Waals surface area contributed by atoms with Crippen LogP contribution in [-0.2, 0) is 33.3 Å². The molecule has 0 bridgehead atoms. The third kappa shape index (κ3) is 22.0. The van der Waals surface area contributed by atoms with Crippen LogP contribution in [0.25, 0.3) is 0 Å². The zero-order valence-electron chi connectivity index (χ0n) is 2.40. The van der Waals surface area contributed by atoms with E-state index in [1.165, 1.54) is 0 Å². The van der Waals surface area contributed by atoms with Gasteiger partial charge in [-0.2, -0.15) is 0 Å². The Morgan fingerprint density at radius 3 is 0.800 bits per heavy atom. The Kier molecular flexibility index (Phi) is 367. The van der Waals surface area contributed by atoms with E-state index in [0.29, 0.717) is 0 Å². The van der Waals surface area contributed by atoms with Gasteiger partial charge in [0.25, 0.3) is 0 Å². The van der Waals surface area contributed by atoms with Crippen molar-refractivity contribution in [2.75, 3.05) is 0 Å². The fourth-order valence-corrected chi connectivity index (χ4v) is 0. The molecule has 0 spiro atoms. The van der Waals surface area contributed by atoms with Crippen LogP contribution in [0.15, 0.2) is 0 Å². The van der Waals surface area contributed by atoms with Gasteiger partial charge in [0.2, 0.25) is 0 Å². The minimum Gasteiger partial charge on any atom is -2.00 e. The number of hydrogen-bond donors (Lipinski definition) is 0. The molecular formula is AgInMgO2+2. The van der Waals surface area contributed by atoms with Crippen molar-refractivity contribution in [3.8, 4) is 0 Å². The fraction of sp³-hybridized carbons (Fsp3) is 0. The van der Waals surface area contributed by atoms with Crippen molar-refractivity contribution in [3.63, 3.8) is 0 Å². The van der Waals surface area contributed by atoms with E-state index >= 15 is 0 Å². The molecule has 5 heteroatoms. The molecule has 0 unspecified atom stereocenters. The summed E-state index contributed by atoms with van der Waals surface area (Å²) in [4.78, 5) is 0. The van der Waals surface area contributed by atoms with Gasteiger partial charge in [0.15, 0.2) is 0 Å². The molecule has 5 heavy (non-hydrogen) atoms. The molecule has 0 rings (SSSR count). The third-order valence-corrected chi connectivity index (χ3v) is 0. The first-order valence-electron chi connectivity index (χ1n) is 0. The molecule has 0 aromatic heterocycles. The molecule has 0 atom stereocenters. The van der Waals surface area contributed by atoms with Gasteiger partial charge in [0.1, 0.15) is 0 Å². The first kappa shape index (κ1) is 54.8. The monoisotopic (exact) mass is 278 g/mol. The maximum atomic E-state index is 0. The SMILES string of the molecule is [Ag+].[In+3].[Mg+2].[O-2].[O-2].